The van der Waals surface area contributed by atoms with Gasteiger partial charge in [-0.1, -0.05) is 0 Å². The Balaban J connectivity index is 2.03. The van der Waals surface area contributed by atoms with Gasteiger partial charge < -0.3 is 5.11 Å². The van der Waals surface area contributed by atoms with E-state index in [0.29, 0.717) is 24.2 Å². The molecular formula is C12H9F2N3O2. The number of benzene rings is 1. The lowest BCUT2D eigenvalue weighted by atomic mass is 10.0. The fraction of sp³-hybridized carbons (Fsp3) is 0.250. The molecule has 0 saturated heterocycles. The van der Waals surface area contributed by atoms with E-state index >= 15 is 0 Å². The van der Waals surface area contributed by atoms with E-state index in [4.69, 9.17) is 5.11 Å². The highest BCUT2D eigenvalue weighted by atomic mass is 19.1. The molecule has 1 aromatic carbocycles. The smallest absolute Gasteiger partial charge is 0.375 e. The van der Waals surface area contributed by atoms with Crippen molar-refractivity contribution in [1.82, 2.24) is 14.8 Å². The molecule has 0 fully saturated rings. The van der Waals surface area contributed by atoms with Gasteiger partial charge in [0.25, 0.3) is 5.82 Å². The standard InChI is InChI=1S/C12H9F2N3O2/c13-7-3-6(4-8(14)5-7)9-1-2-10-15-11(12(18)19)16-17(9)10/h3-5,9H,1-2H2,(H,18,19). The topological polar surface area (TPSA) is 68.0 Å². The average Bonchev–Trinajstić information content (AvgIpc) is 2.85. The Hall–Kier alpha value is -2.31. The maximum atomic E-state index is 13.2. The number of carboxylic acids is 1. The molecule has 98 valence electrons. The van der Waals surface area contributed by atoms with Gasteiger partial charge in [0.1, 0.15) is 17.5 Å². The van der Waals surface area contributed by atoms with E-state index in [2.05, 4.69) is 10.1 Å². The van der Waals surface area contributed by atoms with Gasteiger partial charge in [0.05, 0.1) is 6.04 Å². The van der Waals surface area contributed by atoms with E-state index < -0.39 is 17.6 Å². The fourth-order valence-corrected chi connectivity index (χ4v) is 2.33. The van der Waals surface area contributed by atoms with Crippen molar-refractivity contribution in [3.05, 3.63) is 47.0 Å². The van der Waals surface area contributed by atoms with Gasteiger partial charge in [0.2, 0.25) is 0 Å². The third kappa shape index (κ3) is 1.96. The predicted octanol–water partition coefficient (Wildman–Crippen LogP) is 1.79. The van der Waals surface area contributed by atoms with Crippen LogP contribution in [0.25, 0.3) is 0 Å². The molecule has 1 unspecified atom stereocenters. The summed E-state index contributed by atoms with van der Waals surface area (Å²) in [5.41, 5.74) is 0.429. The summed E-state index contributed by atoms with van der Waals surface area (Å²) < 4.78 is 27.9. The van der Waals surface area contributed by atoms with Crippen LogP contribution in [0.15, 0.2) is 18.2 Å². The van der Waals surface area contributed by atoms with Crippen LogP contribution in [0.5, 0.6) is 0 Å². The molecule has 5 nitrogen and oxygen atoms in total. The van der Waals surface area contributed by atoms with E-state index in [1.165, 1.54) is 16.8 Å². The first-order valence-electron chi connectivity index (χ1n) is 5.69. The van der Waals surface area contributed by atoms with Crippen LogP contribution in [0.1, 0.15) is 34.5 Å². The minimum atomic E-state index is -1.22. The zero-order valence-electron chi connectivity index (χ0n) is 9.68. The van der Waals surface area contributed by atoms with Gasteiger partial charge in [-0.3, -0.25) is 0 Å². The highest BCUT2D eigenvalue weighted by Crippen LogP contribution is 2.31. The van der Waals surface area contributed by atoms with Gasteiger partial charge in [-0.25, -0.2) is 23.2 Å². The maximum absolute atomic E-state index is 13.2. The molecule has 0 spiro atoms. The number of nitrogens with zero attached hydrogens (tertiary/aromatic N) is 3. The van der Waals surface area contributed by atoms with Crippen molar-refractivity contribution in [2.24, 2.45) is 0 Å². The van der Waals surface area contributed by atoms with Crippen molar-refractivity contribution in [1.29, 1.82) is 0 Å². The predicted molar refractivity (Wildman–Crippen MR) is 59.8 cm³/mol. The summed E-state index contributed by atoms with van der Waals surface area (Å²) >= 11 is 0. The number of carboxylic acid groups (broad SMARTS) is 1. The van der Waals surface area contributed by atoms with Gasteiger partial charge in [-0.2, -0.15) is 0 Å². The summed E-state index contributed by atoms with van der Waals surface area (Å²) in [6, 6.07) is 2.88. The lowest BCUT2D eigenvalue weighted by molar-refractivity contribution is 0.0683. The zero-order valence-corrected chi connectivity index (χ0v) is 9.68. The van der Waals surface area contributed by atoms with E-state index in [1.807, 2.05) is 0 Å². The lowest BCUT2D eigenvalue weighted by Gasteiger charge is -2.12. The highest BCUT2D eigenvalue weighted by Gasteiger charge is 2.29. The lowest BCUT2D eigenvalue weighted by Crippen LogP contribution is -2.10. The normalized spacial score (nSPS) is 17.5. The molecule has 0 amide bonds. The molecule has 2 aromatic rings. The molecule has 1 N–H and O–H groups in total. The summed E-state index contributed by atoms with van der Waals surface area (Å²) in [5, 5.41) is 12.7. The molecular weight excluding hydrogens is 256 g/mol. The summed E-state index contributed by atoms with van der Waals surface area (Å²) in [7, 11) is 0. The van der Waals surface area contributed by atoms with Crippen molar-refractivity contribution < 1.29 is 18.7 Å². The molecule has 0 radical (unpaired) electrons. The second-order valence-electron chi connectivity index (χ2n) is 4.36. The molecule has 7 heteroatoms. The van der Waals surface area contributed by atoms with E-state index in [9.17, 15) is 13.6 Å². The third-order valence-electron chi connectivity index (χ3n) is 3.10. The Morgan fingerprint density at radius 1 is 1.32 bits per heavy atom. The number of aryl methyl sites for hydroxylation is 1. The van der Waals surface area contributed by atoms with Crippen LogP contribution >= 0.6 is 0 Å². The molecule has 1 atom stereocenters. The molecule has 1 aliphatic heterocycles. The number of aromatic nitrogens is 3. The second-order valence-corrected chi connectivity index (χ2v) is 4.36. The van der Waals surface area contributed by atoms with Crippen molar-refractivity contribution in [3.8, 4) is 0 Å². The monoisotopic (exact) mass is 265 g/mol. The van der Waals surface area contributed by atoms with Gasteiger partial charge in [0, 0.05) is 12.5 Å². The second kappa shape index (κ2) is 4.11. The fourth-order valence-electron chi connectivity index (χ4n) is 2.33. The quantitative estimate of drug-likeness (QED) is 0.898. The highest BCUT2D eigenvalue weighted by molar-refractivity contribution is 5.82. The minimum absolute atomic E-state index is 0.295. The summed E-state index contributed by atoms with van der Waals surface area (Å²) in [6.07, 6.45) is 1.13. The first kappa shape index (κ1) is 11.8. The Kier molecular flexibility index (Phi) is 2.55. The molecule has 0 aliphatic carbocycles. The van der Waals surface area contributed by atoms with Crippen molar-refractivity contribution >= 4 is 5.97 Å². The number of hydrogen-bond acceptors (Lipinski definition) is 3. The number of rotatable bonds is 2. The average molecular weight is 265 g/mol. The Morgan fingerprint density at radius 2 is 2.00 bits per heavy atom. The molecule has 1 aromatic heterocycles. The van der Waals surface area contributed by atoms with E-state index in [1.54, 1.807) is 0 Å². The SMILES string of the molecule is O=C(O)c1nc2n(n1)C(c1cc(F)cc(F)c1)CC2. The maximum Gasteiger partial charge on any atom is 0.375 e. The molecule has 0 saturated carbocycles. The van der Waals surface area contributed by atoms with Crippen molar-refractivity contribution in [2.45, 2.75) is 18.9 Å². The van der Waals surface area contributed by atoms with Crippen LogP contribution in [0, 0.1) is 11.6 Å². The van der Waals surface area contributed by atoms with Crippen LogP contribution in [0.4, 0.5) is 8.78 Å². The number of hydrogen-bond donors (Lipinski definition) is 1. The van der Waals surface area contributed by atoms with E-state index in [-0.39, 0.29) is 11.9 Å². The van der Waals surface area contributed by atoms with Gasteiger partial charge in [-0.05, 0) is 24.1 Å². The molecule has 19 heavy (non-hydrogen) atoms. The Morgan fingerprint density at radius 3 is 2.63 bits per heavy atom. The molecule has 3 rings (SSSR count). The van der Waals surface area contributed by atoms with Crippen molar-refractivity contribution in [3.63, 3.8) is 0 Å². The van der Waals surface area contributed by atoms with E-state index in [0.717, 1.165) is 6.07 Å². The molecule has 2 heterocycles. The first-order chi connectivity index (χ1) is 9.04. The van der Waals surface area contributed by atoms with Gasteiger partial charge >= 0.3 is 5.97 Å². The molecule has 0 bridgehead atoms. The van der Waals surface area contributed by atoms with Gasteiger partial charge in [0.15, 0.2) is 0 Å². The third-order valence-corrected chi connectivity index (χ3v) is 3.10. The van der Waals surface area contributed by atoms with Crippen molar-refractivity contribution in [2.75, 3.05) is 0 Å². The zero-order chi connectivity index (χ0) is 13.6. The number of aromatic carboxylic acids is 1. The Bertz CT molecular complexity index is 649. The number of halogens is 2. The van der Waals surface area contributed by atoms with Gasteiger partial charge in [-0.15, -0.1) is 5.10 Å². The summed E-state index contributed by atoms with van der Waals surface area (Å²) in [4.78, 5) is 14.7. The van der Waals surface area contributed by atoms with Crippen LogP contribution in [-0.4, -0.2) is 25.8 Å². The van der Waals surface area contributed by atoms with Crippen LogP contribution in [0.2, 0.25) is 0 Å². The van der Waals surface area contributed by atoms with Crippen LogP contribution < -0.4 is 0 Å². The summed E-state index contributed by atoms with van der Waals surface area (Å²) in [6.45, 7) is 0. The Labute approximate surface area is 106 Å². The number of carbonyl (C=O) groups is 1. The van der Waals surface area contributed by atoms with Crippen LogP contribution in [0.3, 0.4) is 0 Å². The largest absolute Gasteiger partial charge is 0.475 e. The van der Waals surface area contributed by atoms with Crippen LogP contribution in [-0.2, 0) is 6.42 Å². The first-order valence-corrected chi connectivity index (χ1v) is 5.69. The molecule has 1 aliphatic rings. The summed E-state index contributed by atoms with van der Waals surface area (Å²) in [5.74, 6) is -2.32. The minimum Gasteiger partial charge on any atom is -0.475 e. The number of fused-ring (bicyclic) bond motifs is 1.